The fraction of sp³-hybridized carbons (Fsp3) is 0.0526. The second-order valence-corrected chi connectivity index (χ2v) is 6.11. The monoisotopic (exact) mass is 344 g/mol. The molecule has 0 saturated heterocycles. The number of benzene rings is 1. The number of imidazole rings is 1. The van der Waals surface area contributed by atoms with Gasteiger partial charge in [-0.3, -0.25) is 14.4 Å². The Kier molecular flexibility index (Phi) is 3.58. The molecule has 6 nitrogen and oxygen atoms in total. The first-order valence-electron chi connectivity index (χ1n) is 8.00. The van der Waals surface area contributed by atoms with Crippen molar-refractivity contribution in [1.29, 1.82) is 0 Å². The van der Waals surface area contributed by atoms with Gasteiger partial charge in [0.1, 0.15) is 19.9 Å². The number of hydrogen-bond acceptors (Lipinski definition) is 5. The Morgan fingerprint density at radius 3 is 2.54 bits per heavy atom. The minimum atomic E-state index is -0.699. The second kappa shape index (κ2) is 5.80. The molecular weight excluding hydrogens is 331 g/mol. The summed E-state index contributed by atoms with van der Waals surface area (Å²) >= 11 is 0. The topological polar surface area (TPSA) is 82.2 Å². The zero-order valence-corrected chi connectivity index (χ0v) is 14.1. The number of carbonyl (C=O) groups is 3. The van der Waals surface area contributed by atoms with E-state index < -0.39 is 11.6 Å². The fourth-order valence-corrected chi connectivity index (χ4v) is 3.00. The van der Waals surface area contributed by atoms with Gasteiger partial charge in [0.25, 0.3) is 0 Å². The van der Waals surface area contributed by atoms with E-state index in [1.807, 2.05) is 4.57 Å². The van der Waals surface area contributed by atoms with Crippen LogP contribution in [0, 0.1) is 0 Å². The molecule has 0 saturated carbocycles. The Balaban J connectivity index is 1.74. The Hall–Kier alpha value is -3.48. The van der Waals surface area contributed by atoms with E-state index in [0.717, 1.165) is 5.69 Å². The van der Waals surface area contributed by atoms with E-state index in [4.69, 9.17) is 4.42 Å². The van der Waals surface area contributed by atoms with Crippen LogP contribution in [-0.2, 0) is 4.79 Å². The van der Waals surface area contributed by atoms with E-state index in [-0.39, 0.29) is 16.9 Å². The molecule has 7 heteroatoms. The minimum Gasteiger partial charge on any atom is -0.463 e. The molecule has 1 aliphatic carbocycles. The van der Waals surface area contributed by atoms with Crippen molar-refractivity contribution in [3.05, 3.63) is 77.2 Å². The highest BCUT2D eigenvalue weighted by molar-refractivity contribution is 6.62. The molecule has 0 N–H and O–H groups in total. The number of ketones is 3. The number of fused-ring (bicyclic) bond motifs is 1. The van der Waals surface area contributed by atoms with Crippen molar-refractivity contribution >= 4 is 30.8 Å². The highest BCUT2D eigenvalue weighted by Crippen LogP contribution is 2.32. The van der Waals surface area contributed by atoms with Crippen LogP contribution in [0.5, 0.6) is 0 Å². The molecular formula is C19H13BN2O4. The Bertz CT molecular complexity index is 1090. The summed E-state index contributed by atoms with van der Waals surface area (Å²) in [5.41, 5.74) is 2.36. The van der Waals surface area contributed by atoms with Crippen molar-refractivity contribution in [3.8, 4) is 5.69 Å². The van der Waals surface area contributed by atoms with Crippen LogP contribution in [0.25, 0.3) is 11.3 Å². The standard InChI is InChI=1S/C19H13BN2O4/c1-10-15(20)18(25)17(24)14-13(8-26-19(10)14)16(23)11-2-4-12(5-3-11)22-7-6-21-9-22/h2-9H,20H2,1H3. The predicted molar refractivity (Wildman–Crippen MR) is 96.2 cm³/mol. The normalized spacial score (nSPS) is 13.9. The van der Waals surface area contributed by atoms with Crippen LogP contribution in [0.2, 0.25) is 0 Å². The van der Waals surface area contributed by atoms with Gasteiger partial charge < -0.3 is 8.98 Å². The molecule has 3 aromatic rings. The maximum atomic E-state index is 12.9. The first-order chi connectivity index (χ1) is 12.5. The summed E-state index contributed by atoms with van der Waals surface area (Å²) < 4.78 is 7.26. The van der Waals surface area contributed by atoms with Gasteiger partial charge in [-0.25, -0.2) is 4.98 Å². The van der Waals surface area contributed by atoms with Crippen molar-refractivity contribution in [2.24, 2.45) is 0 Å². The van der Waals surface area contributed by atoms with Crippen molar-refractivity contribution in [2.75, 3.05) is 0 Å². The van der Waals surface area contributed by atoms with Crippen molar-refractivity contribution in [1.82, 2.24) is 9.55 Å². The summed E-state index contributed by atoms with van der Waals surface area (Å²) in [6.07, 6.45) is 6.37. The van der Waals surface area contributed by atoms with E-state index in [1.165, 1.54) is 6.26 Å². The van der Waals surface area contributed by atoms with Crippen molar-refractivity contribution in [2.45, 2.75) is 6.92 Å². The van der Waals surface area contributed by atoms with Gasteiger partial charge in [-0.15, -0.1) is 0 Å². The van der Waals surface area contributed by atoms with E-state index in [9.17, 15) is 14.4 Å². The third kappa shape index (κ3) is 2.28. The number of allylic oxidation sites excluding steroid dienone is 2. The van der Waals surface area contributed by atoms with Crippen LogP contribution in [-0.4, -0.2) is 34.7 Å². The molecule has 0 aliphatic heterocycles. The molecule has 0 radical (unpaired) electrons. The molecule has 1 aliphatic rings. The number of hydrogen-bond donors (Lipinski definition) is 0. The van der Waals surface area contributed by atoms with Gasteiger partial charge >= 0.3 is 0 Å². The van der Waals surface area contributed by atoms with E-state index in [0.29, 0.717) is 22.4 Å². The van der Waals surface area contributed by atoms with E-state index in [2.05, 4.69) is 4.98 Å². The minimum absolute atomic E-state index is 0.0572. The molecule has 26 heavy (non-hydrogen) atoms. The molecule has 4 rings (SSSR count). The number of carbonyl (C=O) groups excluding carboxylic acids is 3. The molecule has 0 bridgehead atoms. The second-order valence-electron chi connectivity index (χ2n) is 6.11. The lowest BCUT2D eigenvalue weighted by atomic mass is 9.77. The number of rotatable bonds is 3. The van der Waals surface area contributed by atoms with Crippen LogP contribution >= 0.6 is 0 Å². The third-order valence-corrected chi connectivity index (χ3v) is 4.64. The molecule has 0 amide bonds. The zero-order chi connectivity index (χ0) is 18.4. The van der Waals surface area contributed by atoms with Gasteiger partial charge in [-0.05, 0) is 42.2 Å². The lowest BCUT2D eigenvalue weighted by molar-refractivity contribution is -0.111. The average molecular weight is 344 g/mol. The summed E-state index contributed by atoms with van der Waals surface area (Å²) in [6.45, 7) is 1.70. The third-order valence-electron chi connectivity index (χ3n) is 4.64. The first-order valence-corrected chi connectivity index (χ1v) is 8.00. The smallest absolute Gasteiger partial charge is 0.236 e. The van der Waals surface area contributed by atoms with Gasteiger partial charge in [0.2, 0.25) is 11.6 Å². The van der Waals surface area contributed by atoms with Gasteiger partial charge in [0.15, 0.2) is 5.78 Å². The maximum Gasteiger partial charge on any atom is 0.236 e. The van der Waals surface area contributed by atoms with Crippen molar-refractivity contribution in [3.63, 3.8) is 0 Å². The first kappa shape index (κ1) is 16.0. The van der Waals surface area contributed by atoms with Gasteiger partial charge in [0.05, 0.1) is 17.5 Å². The van der Waals surface area contributed by atoms with Crippen LogP contribution in [0.15, 0.2) is 59.1 Å². The number of Topliss-reactive ketones (excluding diaryl/α,β-unsaturated/α-hetero) is 2. The average Bonchev–Trinajstić information content (AvgIpc) is 3.34. The van der Waals surface area contributed by atoms with Crippen LogP contribution < -0.4 is 0 Å². The van der Waals surface area contributed by atoms with E-state index >= 15 is 0 Å². The molecule has 2 aromatic heterocycles. The molecule has 0 spiro atoms. The molecule has 0 fully saturated rings. The van der Waals surface area contributed by atoms with Gasteiger partial charge in [-0.2, -0.15) is 0 Å². The Morgan fingerprint density at radius 1 is 1.15 bits per heavy atom. The molecule has 0 atom stereocenters. The van der Waals surface area contributed by atoms with Gasteiger partial charge in [-0.1, -0.05) is 0 Å². The van der Waals surface area contributed by atoms with Crippen LogP contribution in [0.1, 0.15) is 39.0 Å². The largest absolute Gasteiger partial charge is 0.463 e. The van der Waals surface area contributed by atoms with Crippen molar-refractivity contribution < 1.29 is 18.8 Å². The number of nitrogens with zero attached hydrogens (tertiary/aromatic N) is 2. The summed E-state index contributed by atoms with van der Waals surface area (Å²) in [6, 6.07) is 6.90. The van der Waals surface area contributed by atoms with E-state index in [1.54, 1.807) is 57.8 Å². The summed E-state index contributed by atoms with van der Waals surface area (Å²) in [5.74, 6) is -1.36. The lowest BCUT2D eigenvalue weighted by Crippen LogP contribution is -2.24. The molecule has 126 valence electrons. The SMILES string of the molecule is BC1=C(C)c2occ(C(=O)c3ccc(-n4ccnc4)cc3)c2C(=O)C1=O. The number of furan rings is 1. The lowest BCUT2D eigenvalue weighted by Gasteiger charge is -2.13. The van der Waals surface area contributed by atoms with Crippen LogP contribution in [0.4, 0.5) is 0 Å². The maximum absolute atomic E-state index is 12.9. The molecule has 2 heterocycles. The highest BCUT2D eigenvalue weighted by Gasteiger charge is 2.35. The highest BCUT2D eigenvalue weighted by atomic mass is 16.3. The molecule has 1 aromatic carbocycles. The quantitative estimate of drug-likeness (QED) is 0.411. The summed E-state index contributed by atoms with van der Waals surface area (Å²) in [5, 5.41) is 0. The Labute approximate surface area is 149 Å². The summed E-state index contributed by atoms with van der Waals surface area (Å²) in [4.78, 5) is 41.4. The fourth-order valence-electron chi connectivity index (χ4n) is 3.00. The summed E-state index contributed by atoms with van der Waals surface area (Å²) in [7, 11) is 1.58. The van der Waals surface area contributed by atoms with Gasteiger partial charge in [0, 0.05) is 23.6 Å². The number of aromatic nitrogens is 2. The van der Waals surface area contributed by atoms with Crippen LogP contribution in [0.3, 0.4) is 0 Å². The zero-order valence-electron chi connectivity index (χ0n) is 14.1. The molecule has 0 unspecified atom stereocenters. The Morgan fingerprint density at radius 2 is 1.88 bits per heavy atom. The predicted octanol–water partition coefficient (Wildman–Crippen LogP) is 1.83.